The van der Waals surface area contributed by atoms with Crippen molar-refractivity contribution in [2.24, 2.45) is 5.92 Å². The van der Waals surface area contributed by atoms with Gasteiger partial charge in [0.2, 0.25) is 0 Å². The van der Waals surface area contributed by atoms with E-state index in [-0.39, 0.29) is 6.54 Å². The number of piperazine rings is 1. The Morgan fingerprint density at radius 3 is 2.22 bits per heavy atom. The summed E-state index contributed by atoms with van der Waals surface area (Å²) in [5, 5.41) is 9.05. The van der Waals surface area contributed by atoms with Crippen LogP contribution < -0.4 is 4.90 Å². The molecule has 1 aromatic carbocycles. The molecule has 2 saturated heterocycles. The van der Waals surface area contributed by atoms with Gasteiger partial charge < -0.3 is 19.8 Å². The molecule has 0 spiro atoms. The van der Waals surface area contributed by atoms with E-state index in [0.29, 0.717) is 39.1 Å². The van der Waals surface area contributed by atoms with Crippen LogP contribution in [0.25, 0.3) is 5.57 Å². The van der Waals surface area contributed by atoms with Crippen molar-refractivity contribution in [2.75, 3.05) is 44.2 Å². The molecule has 1 atom stereocenters. The number of hydrogen-bond donors (Lipinski definition) is 1. The van der Waals surface area contributed by atoms with Crippen LogP contribution in [0.1, 0.15) is 18.9 Å². The molecule has 2 heterocycles. The number of carboxylic acids is 1. The van der Waals surface area contributed by atoms with Gasteiger partial charge in [-0.3, -0.25) is 14.4 Å². The second-order valence-electron chi connectivity index (χ2n) is 7.15. The Morgan fingerprint density at radius 2 is 1.63 bits per heavy atom. The van der Waals surface area contributed by atoms with Crippen molar-refractivity contribution in [2.45, 2.75) is 13.3 Å². The van der Waals surface area contributed by atoms with Gasteiger partial charge in [-0.1, -0.05) is 24.8 Å². The molecule has 27 heavy (non-hydrogen) atoms. The van der Waals surface area contributed by atoms with Crippen molar-refractivity contribution < 1.29 is 19.5 Å². The van der Waals surface area contributed by atoms with Crippen molar-refractivity contribution in [3.63, 3.8) is 0 Å². The van der Waals surface area contributed by atoms with Crippen LogP contribution in [0.5, 0.6) is 0 Å². The summed E-state index contributed by atoms with van der Waals surface area (Å²) in [5.74, 6) is -2.61. The van der Waals surface area contributed by atoms with Crippen LogP contribution in [0.4, 0.5) is 5.69 Å². The van der Waals surface area contributed by atoms with Crippen LogP contribution in [0.15, 0.2) is 30.8 Å². The van der Waals surface area contributed by atoms with Gasteiger partial charge in [-0.05, 0) is 25.0 Å². The first-order valence-corrected chi connectivity index (χ1v) is 9.19. The third-order valence-corrected chi connectivity index (χ3v) is 5.28. The topological polar surface area (TPSA) is 81.2 Å². The first-order chi connectivity index (χ1) is 12.9. The molecule has 1 N–H and O–H groups in total. The molecule has 1 unspecified atom stereocenters. The van der Waals surface area contributed by atoms with E-state index in [2.05, 4.69) is 11.5 Å². The van der Waals surface area contributed by atoms with Gasteiger partial charge in [-0.2, -0.15) is 0 Å². The quantitative estimate of drug-likeness (QED) is 0.810. The number of benzene rings is 1. The molecule has 2 aliphatic rings. The van der Waals surface area contributed by atoms with Crippen LogP contribution in [0.2, 0.25) is 0 Å². The molecular formula is C20H25N3O4. The molecule has 0 aliphatic carbocycles. The van der Waals surface area contributed by atoms with Gasteiger partial charge in [-0.25, -0.2) is 0 Å². The molecule has 1 aromatic rings. The van der Waals surface area contributed by atoms with Gasteiger partial charge in [0, 0.05) is 50.5 Å². The first-order valence-electron chi connectivity index (χ1n) is 9.19. The van der Waals surface area contributed by atoms with E-state index in [1.165, 1.54) is 4.90 Å². The van der Waals surface area contributed by atoms with Crippen molar-refractivity contribution in [1.29, 1.82) is 0 Å². The van der Waals surface area contributed by atoms with Gasteiger partial charge in [0.15, 0.2) is 0 Å². The fourth-order valence-corrected chi connectivity index (χ4v) is 3.68. The highest BCUT2D eigenvalue weighted by Gasteiger charge is 2.36. The van der Waals surface area contributed by atoms with E-state index in [1.807, 2.05) is 31.2 Å². The minimum absolute atomic E-state index is 0.117. The second kappa shape index (κ2) is 7.82. The van der Waals surface area contributed by atoms with Crippen LogP contribution >= 0.6 is 0 Å². The number of likely N-dealkylation sites (tertiary alicyclic amines) is 1. The third kappa shape index (κ3) is 3.97. The van der Waals surface area contributed by atoms with Crippen molar-refractivity contribution in [1.82, 2.24) is 9.80 Å². The lowest BCUT2D eigenvalue weighted by molar-refractivity contribution is -0.151. The molecule has 7 nitrogen and oxygen atoms in total. The molecule has 0 bridgehead atoms. The number of aliphatic carboxylic acids is 1. The number of anilines is 1. The van der Waals surface area contributed by atoms with E-state index in [4.69, 9.17) is 5.11 Å². The maximum absolute atomic E-state index is 12.5. The number of allylic oxidation sites excluding steroid dienone is 1. The van der Waals surface area contributed by atoms with Crippen molar-refractivity contribution >= 4 is 29.0 Å². The zero-order valence-electron chi connectivity index (χ0n) is 15.6. The average molecular weight is 371 g/mol. The number of rotatable bonds is 3. The van der Waals surface area contributed by atoms with Gasteiger partial charge >= 0.3 is 17.8 Å². The summed E-state index contributed by atoms with van der Waals surface area (Å²) in [6.07, 6.45) is 0.403. The second-order valence-corrected chi connectivity index (χ2v) is 7.15. The lowest BCUT2D eigenvalue weighted by atomic mass is 10.1. The summed E-state index contributed by atoms with van der Waals surface area (Å²) in [6, 6.07) is 8.04. The minimum Gasteiger partial charge on any atom is -0.481 e. The standard InChI is InChI=1S/C20H25N3O4/c1-14(2)16-5-3-4-6-17(16)21-9-11-22(12-10-21)18(24)19(25)23-8-7-15(13-23)20(26)27/h3-6,15H,1,7-13H2,2H3,(H,26,27). The number of carbonyl (C=O) groups is 3. The maximum Gasteiger partial charge on any atom is 0.312 e. The first kappa shape index (κ1) is 18.9. The molecule has 2 amide bonds. The Hall–Kier alpha value is -2.83. The van der Waals surface area contributed by atoms with E-state index in [9.17, 15) is 14.4 Å². The van der Waals surface area contributed by atoms with Gasteiger partial charge in [0.05, 0.1) is 5.92 Å². The SMILES string of the molecule is C=C(C)c1ccccc1N1CCN(C(=O)C(=O)N2CCC(C(=O)O)C2)CC1. The highest BCUT2D eigenvalue weighted by molar-refractivity contribution is 6.35. The van der Waals surface area contributed by atoms with Crippen LogP contribution in [0, 0.1) is 5.92 Å². The maximum atomic E-state index is 12.5. The number of para-hydroxylation sites is 1. The van der Waals surface area contributed by atoms with E-state index >= 15 is 0 Å². The molecule has 0 saturated carbocycles. The summed E-state index contributed by atoms with van der Waals surface area (Å²) in [4.78, 5) is 41.1. The Kier molecular flexibility index (Phi) is 5.48. The monoisotopic (exact) mass is 371 g/mol. The third-order valence-electron chi connectivity index (χ3n) is 5.28. The average Bonchev–Trinajstić information content (AvgIpc) is 3.17. The molecular weight excluding hydrogens is 346 g/mol. The van der Waals surface area contributed by atoms with Gasteiger partial charge in [-0.15, -0.1) is 0 Å². The fourth-order valence-electron chi connectivity index (χ4n) is 3.68. The zero-order valence-corrected chi connectivity index (χ0v) is 15.6. The normalized spacial score (nSPS) is 19.9. The van der Waals surface area contributed by atoms with Crippen LogP contribution in [-0.4, -0.2) is 72.0 Å². The number of amides is 2. The Labute approximate surface area is 158 Å². The fraction of sp³-hybridized carbons (Fsp3) is 0.450. The van der Waals surface area contributed by atoms with E-state index < -0.39 is 23.7 Å². The Balaban J connectivity index is 1.59. The van der Waals surface area contributed by atoms with E-state index in [1.54, 1.807) is 4.90 Å². The number of carboxylic acid groups (broad SMARTS) is 1. The molecule has 3 rings (SSSR count). The largest absolute Gasteiger partial charge is 0.481 e. The smallest absolute Gasteiger partial charge is 0.312 e. The predicted molar refractivity (Wildman–Crippen MR) is 102 cm³/mol. The molecule has 2 fully saturated rings. The lowest BCUT2D eigenvalue weighted by Gasteiger charge is -2.37. The minimum atomic E-state index is -0.914. The summed E-state index contributed by atoms with van der Waals surface area (Å²) in [5.41, 5.74) is 3.17. The molecule has 7 heteroatoms. The van der Waals surface area contributed by atoms with Gasteiger partial charge in [0.1, 0.15) is 0 Å². The summed E-state index contributed by atoms with van der Waals surface area (Å²) in [6.45, 7) is 8.65. The summed E-state index contributed by atoms with van der Waals surface area (Å²) >= 11 is 0. The highest BCUT2D eigenvalue weighted by atomic mass is 16.4. The number of hydrogen-bond acceptors (Lipinski definition) is 4. The highest BCUT2D eigenvalue weighted by Crippen LogP contribution is 2.27. The molecule has 0 radical (unpaired) electrons. The van der Waals surface area contributed by atoms with Crippen LogP contribution in [0.3, 0.4) is 0 Å². The predicted octanol–water partition coefficient (Wildman–Crippen LogP) is 1.30. The lowest BCUT2D eigenvalue weighted by Crippen LogP contribution is -2.53. The van der Waals surface area contributed by atoms with E-state index in [0.717, 1.165) is 16.8 Å². The number of nitrogens with zero attached hydrogens (tertiary/aromatic N) is 3. The molecule has 2 aliphatic heterocycles. The Morgan fingerprint density at radius 1 is 1.00 bits per heavy atom. The Bertz CT molecular complexity index is 768. The van der Waals surface area contributed by atoms with Gasteiger partial charge in [0.25, 0.3) is 0 Å². The number of carbonyl (C=O) groups excluding carboxylic acids is 2. The zero-order chi connectivity index (χ0) is 19.6. The molecule has 0 aromatic heterocycles. The molecule has 144 valence electrons. The van der Waals surface area contributed by atoms with Crippen molar-refractivity contribution in [3.8, 4) is 0 Å². The van der Waals surface area contributed by atoms with Crippen LogP contribution in [-0.2, 0) is 14.4 Å². The summed E-state index contributed by atoms with van der Waals surface area (Å²) < 4.78 is 0. The summed E-state index contributed by atoms with van der Waals surface area (Å²) in [7, 11) is 0. The van der Waals surface area contributed by atoms with Crippen molar-refractivity contribution in [3.05, 3.63) is 36.4 Å².